The van der Waals surface area contributed by atoms with Crippen molar-refractivity contribution >= 4 is 17.5 Å². The molecule has 0 saturated heterocycles. The highest BCUT2D eigenvalue weighted by Crippen LogP contribution is 2.24. The van der Waals surface area contributed by atoms with Crippen LogP contribution in [0, 0.1) is 5.41 Å². The molecule has 0 spiro atoms. The average Bonchev–Trinajstić information content (AvgIpc) is 2.64. The van der Waals surface area contributed by atoms with Gasteiger partial charge in [-0.15, -0.1) is 0 Å². The molecule has 138 valence electrons. The van der Waals surface area contributed by atoms with E-state index < -0.39 is 5.41 Å². The van der Waals surface area contributed by atoms with Crippen molar-refractivity contribution < 1.29 is 14.3 Å². The van der Waals surface area contributed by atoms with Gasteiger partial charge in [-0.05, 0) is 56.7 Å². The number of carbonyl (C=O) groups excluding carboxylic acids is 2. The van der Waals surface area contributed by atoms with Crippen LogP contribution in [-0.4, -0.2) is 18.4 Å². The minimum Gasteiger partial charge on any atom is -0.457 e. The molecule has 0 atom stereocenters. The maximum atomic E-state index is 12.5. The third-order valence-electron chi connectivity index (χ3n) is 4.04. The first kappa shape index (κ1) is 19.5. The fourth-order valence-corrected chi connectivity index (χ4v) is 2.22. The zero-order valence-electron chi connectivity index (χ0n) is 15.5. The third-order valence-corrected chi connectivity index (χ3v) is 4.04. The molecule has 0 bridgehead atoms. The number of rotatable bonds is 8. The van der Waals surface area contributed by atoms with Gasteiger partial charge in [0.2, 0.25) is 11.8 Å². The molecule has 2 aromatic carbocycles. The summed E-state index contributed by atoms with van der Waals surface area (Å²) in [5, 5.41) is 5.60. The van der Waals surface area contributed by atoms with Gasteiger partial charge in [0.1, 0.15) is 16.9 Å². The predicted octanol–water partition coefficient (Wildman–Crippen LogP) is 4.36. The number of hydrogen-bond acceptors (Lipinski definition) is 3. The molecular formula is C21H26N2O3. The Morgan fingerprint density at radius 3 is 2.15 bits per heavy atom. The molecule has 0 aromatic heterocycles. The van der Waals surface area contributed by atoms with Gasteiger partial charge in [-0.2, -0.15) is 0 Å². The number of ether oxygens (including phenoxy) is 1. The van der Waals surface area contributed by atoms with E-state index in [2.05, 4.69) is 17.6 Å². The molecule has 5 heteroatoms. The van der Waals surface area contributed by atoms with Crippen LogP contribution in [0.1, 0.15) is 33.6 Å². The fraction of sp³-hybridized carbons (Fsp3) is 0.333. The van der Waals surface area contributed by atoms with Crippen LogP contribution in [0.2, 0.25) is 0 Å². The summed E-state index contributed by atoms with van der Waals surface area (Å²) < 4.78 is 5.72. The third kappa shape index (κ3) is 5.34. The molecule has 2 rings (SSSR count). The van der Waals surface area contributed by atoms with Gasteiger partial charge >= 0.3 is 0 Å². The lowest BCUT2D eigenvalue weighted by atomic mass is 9.91. The number of anilines is 1. The lowest BCUT2D eigenvalue weighted by molar-refractivity contribution is -0.138. The zero-order chi connectivity index (χ0) is 19.0. The molecule has 2 aromatic rings. The van der Waals surface area contributed by atoms with E-state index >= 15 is 0 Å². The maximum absolute atomic E-state index is 12.5. The van der Waals surface area contributed by atoms with Gasteiger partial charge in [0.25, 0.3) is 0 Å². The molecule has 26 heavy (non-hydrogen) atoms. The Labute approximate surface area is 154 Å². The standard InChI is InChI=1S/C21H26N2O3/c1-4-5-15-22-19(24)21(2,3)20(25)23-16-11-13-18(14-12-16)26-17-9-7-6-8-10-17/h6-14H,4-5,15H2,1-3H3,(H,22,24)(H,23,25). The van der Waals surface area contributed by atoms with Gasteiger partial charge in [-0.3, -0.25) is 9.59 Å². The Bertz CT molecular complexity index is 725. The molecule has 0 aliphatic carbocycles. The van der Waals surface area contributed by atoms with Crippen molar-refractivity contribution in [1.82, 2.24) is 5.32 Å². The van der Waals surface area contributed by atoms with Gasteiger partial charge in [0.15, 0.2) is 0 Å². The minimum atomic E-state index is -1.15. The summed E-state index contributed by atoms with van der Waals surface area (Å²) in [6.07, 6.45) is 1.89. The molecule has 0 unspecified atom stereocenters. The lowest BCUT2D eigenvalue weighted by Gasteiger charge is -2.22. The minimum absolute atomic E-state index is 0.271. The van der Waals surface area contributed by atoms with Gasteiger partial charge < -0.3 is 15.4 Å². The van der Waals surface area contributed by atoms with E-state index in [1.807, 2.05) is 30.3 Å². The summed E-state index contributed by atoms with van der Waals surface area (Å²) in [4.78, 5) is 24.7. The largest absolute Gasteiger partial charge is 0.457 e. The second-order valence-electron chi connectivity index (χ2n) is 6.63. The first-order valence-corrected chi connectivity index (χ1v) is 8.86. The number of carbonyl (C=O) groups is 2. The highest BCUT2D eigenvalue weighted by molar-refractivity contribution is 6.09. The van der Waals surface area contributed by atoms with E-state index in [0.29, 0.717) is 18.0 Å². The van der Waals surface area contributed by atoms with Crippen molar-refractivity contribution in [1.29, 1.82) is 0 Å². The van der Waals surface area contributed by atoms with Crippen LogP contribution in [0.3, 0.4) is 0 Å². The van der Waals surface area contributed by atoms with Crippen molar-refractivity contribution in [2.75, 3.05) is 11.9 Å². The summed E-state index contributed by atoms with van der Waals surface area (Å²) in [6, 6.07) is 16.5. The van der Waals surface area contributed by atoms with Crippen LogP contribution >= 0.6 is 0 Å². The van der Waals surface area contributed by atoms with E-state index in [-0.39, 0.29) is 11.8 Å². The van der Waals surface area contributed by atoms with Crippen molar-refractivity contribution in [2.24, 2.45) is 5.41 Å². The quantitative estimate of drug-likeness (QED) is 0.547. The van der Waals surface area contributed by atoms with Crippen LogP contribution in [0.25, 0.3) is 0 Å². The Balaban J connectivity index is 1.94. The number of benzene rings is 2. The van der Waals surface area contributed by atoms with Crippen LogP contribution in [-0.2, 0) is 9.59 Å². The number of para-hydroxylation sites is 1. The van der Waals surface area contributed by atoms with Crippen LogP contribution in [0.4, 0.5) is 5.69 Å². The summed E-state index contributed by atoms with van der Waals surface area (Å²) in [5.41, 5.74) is -0.530. The Morgan fingerprint density at radius 2 is 1.54 bits per heavy atom. The average molecular weight is 354 g/mol. The number of unbranched alkanes of at least 4 members (excludes halogenated alkanes) is 1. The van der Waals surface area contributed by atoms with E-state index in [4.69, 9.17) is 4.74 Å². The van der Waals surface area contributed by atoms with Crippen molar-refractivity contribution in [3.8, 4) is 11.5 Å². The Kier molecular flexibility index (Phi) is 6.78. The van der Waals surface area contributed by atoms with Crippen LogP contribution in [0.15, 0.2) is 54.6 Å². The highest BCUT2D eigenvalue weighted by Gasteiger charge is 2.35. The van der Waals surface area contributed by atoms with Gasteiger partial charge in [0, 0.05) is 12.2 Å². The van der Waals surface area contributed by atoms with Gasteiger partial charge in [-0.1, -0.05) is 31.5 Å². The summed E-state index contributed by atoms with van der Waals surface area (Å²) in [7, 11) is 0. The zero-order valence-corrected chi connectivity index (χ0v) is 15.5. The van der Waals surface area contributed by atoms with E-state index in [0.717, 1.165) is 18.6 Å². The summed E-state index contributed by atoms with van der Waals surface area (Å²) >= 11 is 0. The van der Waals surface area contributed by atoms with E-state index in [1.54, 1.807) is 38.1 Å². The predicted molar refractivity (Wildman–Crippen MR) is 103 cm³/mol. The molecule has 0 aliphatic rings. The van der Waals surface area contributed by atoms with E-state index in [1.165, 1.54) is 0 Å². The second-order valence-corrected chi connectivity index (χ2v) is 6.63. The molecule has 0 radical (unpaired) electrons. The monoisotopic (exact) mass is 354 g/mol. The van der Waals surface area contributed by atoms with Gasteiger partial charge in [0.05, 0.1) is 0 Å². The maximum Gasteiger partial charge on any atom is 0.239 e. The first-order valence-electron chi connectivity index (χ1n) is 8.86. The van der Waals surface area contributed by atoms with E-state index in [9.17, 15) is 9.59 Å². The molecule has 0 fully saturated rings. The van der Waals surface area contributed by atoms with Crippen LogP contribution < -0.4 is 15.4 Å². The molecule has 0 saturated carbocycles. The SMILES string of the molecule is CCCCNC(=O)C(C)(C)C(=O)Nc1ccc(Oc2ccccc2)cc1. The number of nitrogens with one attached hydrogen (secondary N) is 2. The molecule has 2 N–H and O–H groups in total. The molecule has 2 amide bonds. The van der Waals surface area contributed by atoms with Crippen molar-refractivity contribution in [3.63, 3.8) is 0 Å². The van der Waals surface area contributed by atoms with Crippen molar-refractivity contribution in [2.45, 2.75) is 33.6 Å². The summed E-state index contributed by atoms with van der Waals surface area (Å²) in [5.74, 6) is 0.802. The van der Waals surface area contributed by atoms with Crippen LogP contribution in [0.5, 0.6) is 11.5 Å². The number of amides is 2. The Hall–Kier alpha value is -2.82. The highest BCUT2D eigenvalue weighted by atomic mass is 16.5. The van der Waals surface area contributed by atoms with Crippen molar-refractivity contribution in [3.05, 3.63) is 54.6 Å². The first-order chi connectivity index (χ1) is 12.4. The summed E-state index contributed by atoms with van der Waals surface area (Å²) in [6.45, 7) is 5.87. The second kappa shape index (κ2) is 9.04. The molecule has 0 heterocycles. The normalized spacial score (nSPS) is 10.9. The van der Waals surface area contributed by atoms with Gasteiger partial charge in [-0.25, -0.2) is 0 Å². The molecular weight excluding hydrogens is 328 g/mol. The topological polar surface area (TPSA) is 67.4 Å². The molecule has 5 nitrogen and oxygen atoms in total. The lowest BCUT2D eigenvalue weighted by Crippen LogP contribution is -2.45. The molecule has 0 aliphatic heterocycles. The Morgan fingerprint density at radius 1 is 0.923 bits per heavy atom. The number of hydrogen-bond donors (Lipinski definition) is 2. The smallest absolute Gasteiger partial charge is 0.239 e. The fourth-order valence-electron chi connectivity index (χ4n) is 2.22.